The molecule has 0 saturated heterocycles. The lowest BCUT2D eigenvalue weighted by atomic mass is 10.2. The first kappa shape index (κ1) is 14.8. The molecule has 0 aromatic heterocycles. The van der Waals surface area contributed by atoms with Crippen molar-refractivity contribution in [1.29, 1.82) is 0 Å². The maximum absolute atomic E-state index is 11.2. The molecule has 16 heavy (non-hydrogen) atoms. The largest absolute Gasteiger partial charge is 0.479 e. The van der Waals surface area contributed by atoms with E-state index in [2.05, 4.69) is 5.32 Å². The van der Waals surface area contributed by atoms with Crippen molar-refractivity contribution in [2.75, 3.05) is 20.2 Å². The van der Waals surface area contributed by atoms with Crippen LogP contribution < -0.4 is 11.1 Å². The number of hydrogen-bond acceptors (Lipinski definition) is 5. The number of aliphatic hydroxyl groups is 1. The molecule has 0 radical (unpaired) electrons. The van der Waals surface area contributed by atoms with Crippen molar-refractivity contribution in [2.24, 2.45) is 5.73 Å². The fourth-order valence-corrected chi connectivity index (χ4v) is 1.01. The molecular weight excluding hydrogens is 216 g/mol. The third-order valence-corrected chi connectivity index (χ3v) is 2.03. The molecule has 7 nitrogen and oxygen atoms in total. The van der Waals surface area contributed by atoms with Gasteiger partial charge in [0.2, 0.25) is 5.91 Å². The summed E-state index contributed by atoms with van der Waals surface area (Å²) in [6.07, 6.45) is -1.70. The number of amides is 1. The molecule has 7 heteroatoms. The maximum atomic E-state index is 11.2. The van der Waals surface area contributed by atoms with E-state index in [0.29, 0.717) is 0 Å². The molecule has 1 amide bonds. The summed E-state index contributed by atoms with van der Waals surface area (Å²) >= 11 is 0. The predicted octanol–water partition coefficient (Wildman–Crippen LogP) is -1.70. The van der Waals surface area contributed by atoms with Crippen molar-refractivity contribution in [1.82, 2.24) is 5.32 Å². The zero-order chi connectivity index (χ0) is 12.6. The van der Waals surface area contributed by atoms with Gasteiger partial charge in [0.25, 0.3) is 0 Å². The second-order valence-electron chi connectivity index (χ2n) is 3.29. The summed E-state index contributed by atoms with van der Waals surface area (Å²) in [6, 6.07) is 0. The Bertz CT molecular complexity index is 230. The van der Waals surface area contributed by atoms with Crippen LogP contribution in [0, 0.1) is 0 Å². The molecule has 0 aliphatic heterocycles. The number of carboxylic acid groups (broad SMARTS) is 1. The van der Waals surface area contributed by atoms with E-state index in [1.165, 1.54) is 7.11 Å². The van der Waals surface area contributed by atoms with E-state index in [-0.39, 0.29) is 37.9 Å². The van der Waals surface area contributed by atoms with Gasteiger partial charge in [-0.25, -0.2) is 4.79 Å². The highest BCUT2D eigenvalue weighted by Crippen LogP contribution is 1.95. The van der Waals surface area contributed by atoms with Crippen LogP contribution >= 0.6 is 0 Å². The van der Waals surface area contributed by atoms with Gasteiger partial charge in [-0.1, -0.05) is 0 Å². The predicted molar refractivity (Wildman–Crippen MR) is 55.7 cm³/mol. The fourth-order valence-electron chi connectivity index (χ4n) is 1.01. The van der Waals surface area contributed by atoms with Crippen LogP contribution in [0.5, 0.6) is 0 Å². The first-order chi connectivity index (χ1) is 7.51. The van der Waals surface area contributed by atoms with Gasteiger partial charge in [-0.3, -0.25) is 4.79 Å². The Balaban J connectivity index is 3.69. The van der Waals surface area contributed by atoms with E-state index < -0.39 is 12.1 Å². The SMILES string of the molecule is COC(CN)CC(=O)NCCC(O)C(=O)O. The summed E-state index contributed by atoms with van der Waals surface area (Å²) in [6.45, 7) is 0.342. The molecule has 0 heterocycles. The molecule has 0 bridgehead atoms. The Morgan fingerprint density at radius 3 is 2.56 bits per heavy atom. The monoisotopic (exact) mass is 234 g/mol. The number of aliphatic hydroxyl groups excluding tert-OH is 1. The van der Waals surface area contributed by atoms with Gasteiger partial charge in [-0.2, -0.15) is 0 Å². The number of carboxylic acids is 1. The molecule has 0 aromatic carbocycles. The Morgan fingerprint density at radius 2 is 2.12 bits per heavy atom. The number of nitrogens with two attached hydrogens (primary N) is 1. The lowest BCUT2D eigenvalue weighted by molar-refractivity contribution is -0.147. The number of carbonyl (C=O) groups excluding carboxylic acids is 1. The highest BCUT2D eigenvalue weighted by Gasteiger charge is 2.14. The Morgan fingerprint density at radius 1 is 1.50 bits per heavy atom. The normalized spacial score (nSPS) is 14.2. The van der Waals surface area contributed by atoms with E-state index >= 15 is 0 Å². The van der Waals surface area contributed by atoms with Gasteiger partial charge in [0.15, 0.2) is 6.10 Å². The van der Waals surface area contributed by atoms with Gasteiger partial charge < -0.3 is 26.0 Å². The van der Waals surface area contributed by atoms with Crippen LogP contribution in [0.15, 0.2) is 0 Å². The van der Waals surface area contributed by atoms with Crippen LogP contribution in [0.1, 0.15) is 12.8 Å². The minimum Gasteiger partial charge on any atom is -0.479 e. The third kappa shape index (κ3) is 6.33. The summed E-state index contributed by atoms with van der Waals surface area (Å²) in [7, 11) is 1.46. The minimum atomic E-state index is -1.45. The summed E-state index contributed by atoms with van der Waals surface area (Å²) in [5, 5.41) is 19.8. The minimum absolute atomic E-state index is 0.0264. The summed E-state index contributed by atoms with van der Waals surface area (Å²) in [4.78, 5) is 21.5. The van der Waals surface area contributed by atoms with Crippen LogP contribution in [0.25, 0.3) is 0 Å². The van der Waals surface area contributed by atoms with E-state index in [1.54, 1.807) is 0 Å². The number of nitrogens with one attached hydrogen (secondary N) is 1. The van der Waals surface area contributed by atoms with Crippen LogP contribution in [-0.2, 0) is 14.3 Å². The van der Waals surface area contributed by atoms with E-state index in [1.807, 2.05) is 0 Å². The van der Waals surface area contributed by atoms with Crippen LogP contribution in [-0.4, -0.2) is 54.5 Å². The zero-order valence-corrected chi connectivity index (χ0v) is 9.18. The van der Waals surface area contributed by atoms with E-state index in [9.17, 15) is 9.59 Å². The number of methoxy groups -OCH3 is 1. The lowest BCUT2D eigenvalue weighted by Crippen LogP contribution is -2.34. The van der Waals surface area contributed by atoms with Gasteiger partial charge in [0.1, 0.15) is 0 Å². The number of carbonyl (C=O) groups is 2. The Labute approximate surface area is 93.6 Å². The standard InChI is InChI=1S/C9H18N2O5/c1-16-6(5-10)4-8(13)11-3-2-7(12)9(14)15/h6-7,12H,2-5,10H2,1H3,(H,11,13)(H,14,15). The Kier molecular flexibility index (Phi) is 7.44. The lowest BCUT2D eigenvalue weighted by Gasteiger charge is -2.12. The van der Waals surface area contributed by atoms with Crippen LogP contribution in [0.3, 0.4) is 0 Å². The number of hydrogen-bond donors (Lipinski definition) is 4. The second kappa shape index (κ2) is 8.03. The fraction of sp³-hybridized carbons (Fsp3) is 0.778. The summed E-state index contributed by atoms with van der Waals surface area (Å²) in [5.41, 5.74) is 5.33. The molecule has 0 fully saturated rings. The van der Waals surface area contributed by atoms with Crippen LogP contribution in [0.4, 0.5) is 0 Å². The van der Waals surface area contributed by atoms with Crippen molar-refractivity contribution in [3.63, 3.8) is 0 Å². The first-order valence-electron chi connectivity index (χ1n) is 4.91. The summed E-state index contributed by atoms with van der Waals surface area (Å²) in [5.74, 6) is -1.58. The van der Waals surface area contributed by atoms with Gasteiger partial charge in [-0.15, -0.1) is 0 Å². The summed E-state index contributed by atoms with van der Waals surface area (Å²) < 4.78 is 4.91. The van der Waals surface area contributed by atoms with Gasteiger partial charge >= 0.3 is 5.97 Å². The topological polar surface area (TPSA) is 122 Å². The van der Waals surface area contributed by atoms with Crippen molar-refractivity contribution >= 4 is 11.9 Å². The molecule has 0 rings (SSSR count). The maximum Gasteiger partial charge on any atom is 0.332 e. The second-order valence-corrected chi connectivity index (χ2v) is 3.29. The Hall–Kier alpha value is -1.18. The van der Waals surface area contributed by atoms with Crippen LogP contribution in [0.2, 0.25) is 0 Å². The van der Waals surface area contributed by atoms with Gasteiger partial charge in [0, 0.05) is 26.6 Å². The molecule has 0 spiro atoms. The average molecular weight is 234 g/mol. The first-order valence-corrected chi connectivity index (χ1v) is 4.91. The molecule has 2 atom stereocenters. The van der Waals surface area contributed by atoms with Crippen molar-refractivity contribution < 1.29 is 24.5 Å². The number of rotatable bonds is 8. The number of ether oxygens (including phenoxy) is 1. The molecule has 0 aromatic rings. The van der Waals surface area contributed by atoms with Crippen molar-refractivity contribution in [3.8, 4) is 0 Å². The highest BCUT2D eigenvalue weighted by atomic mass is 16.5. The van der Waals surface area contributed by atoms with Gasteiger partial charge in [-0.05, 0) is 0 Å². The molecule has 0 saturated carbocycles. The molecule has 0 aliphatic carbocycles. The van der Waals surface area contributed by atoms with Gasteiger partial charge in [0.05, 0.1) is 12.5 Å². The molecule has 5 N–H and O–H groups in total. The average Bonchev–Trinajstić information content (AvgIpc) is 2.25. The molecule has 0 aliphatic rings. The number of aliphatic carboxylic acids is 1. The quantitative estimate of drug-likeness (QED) is 0.397. The highest BCUT2D eigenvalue weighted by molar-refractivity contribution is 5.76. The smallest absolute Gasteiger partial charge is 0.332 e. The third-order valence-electron chi connectivity index (χ3n) is 2.03. The van der Waals surface area contributed by atoms with E-state index in [4.69, 9.17) is 20.7 Å². The molecular formula is C9H18N2O5. The molecule has 2 unspecified atom stereocenters. The zero-order valence-electron chi connectivity index (χ0n) is 9.18. The molecule has 94 valence electrons. The van der Waals surface area contributed by atoms with Crippen molar-refractivity contribution in [2.45, 2.75) is 25.0 Å². The van der Waals surface area contributed by atoms with Crippen molar-refractivity contribution in [3.05, 3.63) is 0 Å². The van der Waals surface area contributed by atoms with E-state index in [0.717, 1.165) is 0 Å².